The molecule has 1 aliphatic carbocycles. The van der Waals surface area contributed by atoms with Crippen LogP contribution in [0.1, 0.15) is 44.7 Å². The van der Waals surface area contributed by atoms with Gasteiger partial charge in [0.1, 0.15) is 5.82 Å². The summed E-state index contributed by atoms with van der Waals surface area (Å²) in [6, 6.07) is 4.22. The molecule has 3 heteroatoms. The van der Waals surface area contributed by atoms with E-state index >= 15 is 0 Å². The van der Waals surface area contributed by atoms with Crippen molar-refractivity contribution in [1.29, 1.82) is 0 Å². The molecule has 1 fully saturated rings. The van der Waals surface area contributed by atoms with Crippen molar-refractivity contribution < 1.29 is 0 Å². The van der Waals surface area contributed by atoms with Crippen LogP contribution in [0.5, 0.6) is 0 Å². The molecule has 0 aromatic carbocycles. The lowest BCUT2D eigenvalue weighted by molar-refractivity contribution is 0.318. The van der Waals surface area contributed by atoms with Crippen LogP contribution in [0.15, 0.2) is 18.3 Å². The summed E-state index contributed by atoms with van der Waals surface area (Å²) in [5.41, 5.74) is 7.09. The SMILES string of the molecule is CCN(CC1CCC1)c1cc([C@@H](C)N)ccn1. The van der Waals surface area contributed by atoms with Crippen molar-refractivity contribution in [2.24, 2.45) is 11.7 Å². The Morgan fingerprint density at radius 2 is 2.29 bits per heavy atom. The van der Waals surface area contributed by atoms with Gasteiger partial charge in [-0.1, -0.05) is 6.42 Å². The first-order chi connectivity index (χ1) is 8.20. The summed E-state index contributed by atoms with van der Waals surface area (Å²) in [6.07, 6.45) is 6.03. The van der Waals surface area contributed by atoms with Gasteiger partial charge in [0.2, 0.25) is 0 Å². The van der Waals surface area contributed by atoms with Crippen molar-refractivity contribution in [3.63, 3.8) is 0 Å². The van der Waals surface area contributed by atoms with Gasteiger partial charge in [-0.15, -0.1) is 0 Å². The molecule has 0 aliphatic heterocycles. The lowest BCUT2D eigenvalue weighted by Gasteiger charge is -2.32. The second-order valence-electron chi connectivity index (χ2n) is 5.07. The summed E-state index contributed by atoms with van der Waals surface area (Å²) in [5.74, 6) is 1.95. The quantitative estimate of drug-likeness (QED) is 0.850. The van der Waals surface area contributed by atoms with Crippen LogP contribution in [-0.4, -0.2) is 18.1 Å². The first-order valence-electron chi connectivity index (χ1n) is 6.67. The van der Waals surface area contributed by atoms with E-state index in [0.717, 1.165) is 24.8 Å². The molecule has 1 aromatic rings. The molecule has 1 aliphatic rings. The van der Waals surface area contributed by atoms with Gasteiger partial charge in [0.05, 0.1) is 0 Å². The van der Waals surface area contributed by atoms with Crippen LogP contribution in [0.25, 0.3) is 0 Å². The monoisotopic (exact) mass is 233 g/mol. The van der Waals surface area contributed by atoms with Gasteiger partial charge in [-0.25, -0.2) is 4.98 Å². The number of rotatable bonds is 5. The average molecular weight is 233 g/mol. The second kappa shape index (κ2) is 5.50. The first-order valence-corrected chi connectivity index (χ1v) is 6.67. The third-order valence-electron chi connectivity index (χ3n) is 3.70. The van der Waals surface area contributed by atoms with E-state index in [0.29, 0.717) is 0 Å². The number of pyridine rings is 1. The highest BCUT2D eigenvalue weighted by Gasteiger charge is 2.20. The minimum atomic E-state index is 0.0826. The van der Waals surface area contributed by atoms with Gasteiger partial charge in [0, 0.05) is 25.3 Å². The number of nitrogens with zero attached hydrogens (tertiary/aromatic N) is 2. The van der Waals surface area contributed by atoms with Gasteiger partial charge in [-0.3, -0.25) is 0 Å². The Hall–Kier alpha value is -1.09. The molecule has 1 atom stereocenters. The van der Waals surface area contributed by atoms with Crippen molar-refractivity contribution in [1.82, 2.24) is 4.98 Å². The maximum absolute atomic E-state index is 5.92. The van der Waals surface area contributed by atoms with Gasteiger partial charge in [-0.2, -0.15) is 0 Å². The molecule has 1 aromatic heterocycles. The fourth-order valence-electron chi connectivity index (χ4n) is 2.26. The molecule has 1 heterocycles. The summed E-state index contributed by atoms with van der Waals surface area (Å²) >= 11 is 0. The van der Waals surface area contributed by atoms with Gasteiger partial charge in [0.15, 0.2) is 0 Å². The second-order valence-corrected chi connectivity index (χ2v) is 5.07. The van der Waals surface area contributed by atoms with E-state index < -0.39 is 0 Å². The first kappa shape index (κ1) is 12.4. The van der Waals surface area contributed by atoms with Gasteiger partial charge < -0.3 is 10.6 Å². The molecule has 0 unspecified atom stereocenters. The molecule has 2 rings (SSSR count). The summed E-state index contributed by atoms with van der Waals surface area (Å²) in [6.45, 7) is 6.37. The average Bonchev–Trinajstić information content (AvgIpc) is 2.28. The van der Waals surface area contributed by atoms with Crippen LogP contribution in [0.3, 0.4) is 0 Å². The molecular weight excluding hydrogens is 210 g/mol. The number of anilines is 1. The Balaban J connectivity index is 2.09. The molecule has 1 saturated carbocycles. The molecule has 0 spiro atoms. The molecule has 0 saturated heterocycles. The highest BCUT2D eigenvalue weighted by molar-refractivity contribution is 5.41. The highest BCUT2D eigenvalue weighted by Crippen LogP contribution is 2.28. The molecule has 2 N–H and O–H groups in total. The van der Waals surface area contributed by atoms with Crippen LogP contribution >= 0.6 is 0 Å². The predicted octanol–water partition coefficient (Wildman–Crippen LogP) is 2.73. The Bertz CT molecular complexity index is 358. The fourth-order valence-corrected chi connectivity index (χ4v) is 2.26. The van der Waals surface area contributed by atoms with Gasteiger partial charge >= 0.3 is 0 Å². The van der Waals surface area contributed by atoms with E-state index in [9.17, 15) is 0 Å². The normalized spacial score (nSPS) is 17.6. The third-order valence-corrected chi connectivity index (χ3v) is 3.70. The van der Waals surface area contributed by atoms with Crippen LogP contribution in [0, 0.1) is 5.92 Å². The zero-order valence-electron chi connectivity index (χ0n) is 10.9. The summed E-state index contributed by atoms with van der Waals surface area (Å²) in [7, 11) is 0. The van der Waals surface area contributed by atoms with Crippen LogP contribution in [0.2, 0.25) is 0 Å². The van der Waals surface area contributed by atoms with Crippen LogP contribution < -0.4 is 10.6 Å². The predicted molar refractivity (Wildman–Crippen MR) is 72.1 cm³/mol. The number of nitrogens with two attached hydrogens (primary N) is 1. The maximum atomic E-state index is 5.92. The standard InChI is InChI=1S/C14H23N3/c1-3-17(10-12-5-4-6-12)14-9-13(11(2)15)7-8-16-14/h7-9,11-12H,3-6,10,15H2,1-2H3/t11-/m1/s1. The van der Waals surface area contributed by atoms with E-state index in [2.05, 4.69) is 22.9 Å². The molecular formula is C14H23N3. The third kappa shape index (κ3) is 2.97. The summed E-state index contributed by atoms with van der Waals surface area (Å²) < 4.78 is 0. The van der Waals surface area contributed by atoms with Crippen LogP contribution in [0.4, 0.5) is 5.82 Å². The Morgan fingerprint density at radius 1 is 1.53 bits per heavy atom. The zero-order valence-corrected chi connectivity index (χ0v) is 10.9. The maximum Gasteiger partial charge on any atom is 0.128 e. The van der Waals surface area contributed by atoms with E-state index in [1.165, 1.54) is 24.8 Å². The smallest absolute Gasteiger partial charge is 0.128 e. The Morgan fingerprint density at radius 3 is 2.82 bits per heavy atom. The van der Waals surface area contributed by atoms with E-state index in [4.69, 9.17) is 5.73 Å². The summed E-state index contributed by atoms with van der Waals surface area (Å²) in [4.78, 5) is 6.85. The molecule has 17 heavy (non-hydrogen) atoms. The minimum Gasteiger partial charge on any atom is -0.357 e. The van der Waals surface area contributed by atoms with Gasteiger partial charge in [-0.05, 0) is 50.3 Å². The Kier molecular flexibility index (Phi) is 4.00. The van der Waals surface area contributed by atoms with Gasteiger partial charge in [0.25, 0.3) is 0 Å². The molecule has 3 nitrogen and oxygen atoms in total. The lowest BCUT2D eigenvalue weighted by Crippen LogP contribution is -2.33. The van der Waals surface area contributed by atoms with E-state index in [-0.39, 0.29) is 6.04 Å². The van der Waals surface area contributed by atoms with Crippen molar-refractivity contribution in [2.45, 2.75) is 39.2 Å². The van der Waals surface area contributed by atoms with E-state index in [1.54, 1.807) is 0 Å². The van der Waals surface area contributed by atoms with E-state index in [1.807, 2.05) is 19.2 Å². The number of aromatic nitrogens is 1. The minimum absolute atomic E-state index is 0.0826. The van der Waals surface area contributed by atoms with Crippen molar-refractivity contribution in [2.75, 3.05) is 18.0 Å². The van der Waals surface area contributed by atoms with Crippen molar-refractivity contribution >= 4 is 5.82 Å². The fraction of sp³-hybridized carbons (Fsp3) is 0.643. The Labute approximate surface area is 104 Å². The van der Waals surface area contributed by atoms with Crippen LogP contribution in [-0.2, 0) is 0 Å². The molecule has 0 bridgehead atoms. The number of hydrogen-bond acceptors (Lipinski definition) is 3. The summed E-state index contributed by atoms with van der Waals surface area (Å²) in [5, 5.41) is 0. The highest BCUT2D eigenvalue weighted by atomic mass is 15.2. The topological polar surface area (TPSA) is 42.1 Å². The lowest BCUT2D eigenvalue weighted by atomic mass is 9.85. The zero-order chi connectivity index (χ0) is 12.3. The van der Waals surface area contributed by atoms with Crippen molar-refractivity contribution in [3.8, 4) is 0 Å². The molecule has 0 amide bonds. The number of hydrogen-bond donors (Lipinski definition) is 1. The molecule has 0 radical (unpaired) electrons. The molecule has 94 valence electrons. The largest absolute Gasteiger partial charge is 0.357 e. The van der Waals surface area contributed by atoms with Crippen molar-refractivity contribution in [3.05, 3.63) is 23.9 Å².